The molecule has 0 fully saturated rings. The van der Waals surface area contributed by atoms with Gasteiger partial charge in [0.05, 0.1) is 4.47 Å². The fourth-order valence-electron chi connectivity index (χ4n) is 1.16. The lowest BCUT2D eigenvalue weighted by Gasteiger charge is -2.04. The van der Waals surface area contributed by atoms with Gasteiger partial charge >= 0.3 is 0 Å². The Morgan fingerprint density at radius 1 is 1.53 bits per heavy atom. The number of primary amides is 1. The zero-order valence-corrected chi connectivity index (χ0v) is 10.0. The van der Waals surface area contributed by atoms with E-state index in [0.29, 0.717) is 10.3 Å². The van der Waals surface area contributed by atoms with Crippen LogP contribution < -0.4 is 17.0 Å². The number of nitrogens with zero attached hydrogens (tertiary/aromatic N) is 4. The molecule has 88 valence electrons. The maximum atomic E-state index is 10.9. The van der Waals surface area contributed by atoms with Crippen molar-refractivity contribution in [1.82, 2.24) is 19.7 Å². The van der Waals surface area contributed by atoms with Crippen molar-refractivity contribution in [2.45, 2.75) is 0 Å². The van der Waals surface area contributed by atoms with Crippen molar-refractivity contribution in [3.8, 4) is 5.82 Å². The van der Waals surface area contributed by atoms with Crippen LogP contribution >= 0.6 is 15.9 Å². The first-order chi connectivity index (χ1) is 8.11. The normalized spacial score (nSPS) is 10.2. The van der Waals surface area contributed by atoms with Crippen molar-refractivity contribution in [1.29, 1.82) is 0 Å². The SMILES string of the molecule is NNc1ncc(Br)c(-n2ccc(C(N)=O)n2)n1. The lowest BCUT2D eigenvalue weighted by Crippen LogP contribution is -2.14. The summed E-state index contributed by atoms with van der Waals surface area (Å²) in [6.07, 6.45) is 3.08. The monoisotopic (exact) mass is 297 g/mol. The van der Waals surface area contributed by atoms with Gasteiger partial charge in [0.15, 0.2) is 5.82 Å². The highest BCUT2D eigenvalue weighted by molar-refractivity contribution is 9.10. The van der Waals surface area contributed by atoms with Gasteiger partial charge in [0.25, 0.3) is 5.91 Å². The number of nitrogen functional groups attached to an aromatic ring is 1. The summed E-state index contributed by atoms with van der Waals surface area (Å²) in [5.41, 5.74) is 7.58. The smallest absolute Gasteiger partial charge is 0.269 e. The Bertz CT molecular complexity index is 567. The first kappa shape index (κ1) is 11.5. The predicted octanol–water partition coefficient (Wildman–Crippen LogP) is -0.191. The molecule has 0 spiro atoms. The Morgan fingerprint density at radius 2 is 2.29 bits per heavy atom. The molecular formula is C8H8BrN7O. The molecule has 9 heteroatoms. The van der Waals surface area contributed by atoms with Crippen LogP contribution in [0.15, 0.2) is 22.9 Å². The summed E-state index contributed by atoms with van der Waals surface area (Å²) >= 11 is 3.27. The van der Waals surface area contributed by atoms with E-state index in [9.17, 15) is 4.79 Å². The molecule has 17 heavy (non-hydrogen) atoms. The number of halogens is 1. The molecule has 0 aliphatic carbocycles. The van der Waals surface area contributed by atoms with Crippen LogP contribution in [-0.4, -0.2) is 25.7 Å². The fourth-order valence-corrected chi connectivity index (χ4v) is 1.53. The van der Waals surface area contributed by atoms with E-state index >= 15 is 0 Å². The van der Waals surface area contributed by atoms with Gasteiger partial charge in [0.2, 0.25) is 5.95 Å². The van der Waals surface area contributed by atoms with E-state index < -0.39 is 5.91 Å². The van der Waals surface area contributed by atoms with Gasteiger partial charge in [0.1, 0.15) is 5.69 Å². The molecule has 0 aromatic carbocycles. The topological polar surface area (TPSA) is 125 Å². The lowest BCUT2D eigenvalue weighted by molar-refractivity contribution is 0.0995. The second-order valence-electron chi connectivity index (χ2n) is 3.02. The first-order valence-corrected chi connectivity index (χ1v) is 5.26. The number of carbonyl (C=O) groups is 1. The highest BCUT2D eigenvalue weighted by atomic mass is 79.9. The van der Waals surface area contributed by atoms with E-state index in [1.54, 1.807) is 6.20 Å². The zero-order chi connectivity index (χ0) is 12.4. The molecule has 0 aliphatic heterocycles. The minimum Gasteiger partial charge on any atom is -0.364 e. The quantitative estimate of drug-likeness (QED) is 0.533. The van der Waals surface area contributed by atoms with E-state index in [1.807, 2.05) is 0 Å². The molecule has 5 N–H and O–H groups in total. The molecular weight excluding hydrogens is 290 g/mol. The van der Waals surface area contributed by atoms with E-state index in [-0.39, 0.29) is 11.6 Å². The molecule has 0 saturated carbocycles. The van der Waals surface area contributed by atoms with Crippen LogP contribution in [0.3, 0.4) is 0 Å². The van der Waals surface area contributed by atoms with Crippen LogP contribution in [0, 0.1) is 0 Å². The summed E-state index contributed by atoms with van der Waals surface area (Å²) in [7, 11) is 0. The maximum Gasteiger partial charge on any atom is 0.269 e. The number of aromatic nitrogens is 4. The number of carbonyl (C=O) groups excluding carboxylic acids is 1. The largest absolute Gasteiger partial charge is 0.364 e. The lowest BCUT2D eigenvalue weighted by atomic mass is 10.4. The van der Waals surface area contributed by atoms with Gasteiger partial charge in [-0.15, -0.1) is 0 Å². The second kappa shape index (κ2) is 4.47. The van der Waals surface area contributed by atoms with Crippen molar-refractivity contribution < 1.29 is 4.79 Å². The summed E-state index contributed by atoms with van der Waals surface area (Å²) < 4.78 is 2.00. The van der Waals surface area contributed by atoms with Crippen molar-refractivity contribution in [3.63, 3.8) is 0 Å². The Kier molecular flexibility index (Phi) is 3.02. The Morgan fingerprint density at radius 3 is 2.88 bits per heavy atom. The molecule has 8 nitrogen and oxygen atoms in total. The minimum atomic E-state index is -0.605. The summed E-state index contributed by atoms with van der Waals surface area (Å²) in [4.78, 5) is 18.9. The van der Waals surface area contributed by atoms with Crippen LogP contribution in [0.4, 0.5) is 5.95 Å². The zero-order valence-electron chi connectivity index (χ0n) is 8.46. The van der Waals surface area contributed by atoms with E-state index in [4.69, 9.17) is 11.6 Å². The van der Waals surface area contributed by atoms with Crippen LogP contribution in [0.5, 0.6) is 0 Å². The standard InChI is InChI=1S/C8H8BrN7O/c9-4-3-12-8(14-11)13-7(4)16-2-1-5(15-16)6(10)17/h1-3H,11H2,(H2,10,17)(H,12,13,14). The summed E-state index contributed by atoms with van der Waals surface area (Å²) in [6, 6.07) is 1.49. The van der Waals surface area contributed by atoms with E-state index in [0.717, 1.165) is 0 Å². The van der Waals surface area contributed by atoms with Crippen LogP contribution in [0.2, 0.25) is 0 Å². The number of nitrogens with two attached hydrogens (primary N) is 2. The van der Waals surface area contributed by atoms with Crippen molar-refractivity contribution in [2.75, 3.05) is 5.43 Å². The first-order valence-electron chi connectivity index (χ1n) is 4.47. The van der Waals surface area contributed by atoms with Gasteiger partial charge in [-0.05, 0) is 22.0 Å². The van der Waals surface area contributed by atoms with E-state index in [2.05, 4.69) is 36.4 Å². The van der Waals surface area contributed by atoms with Crippen molar-refractivity contribution in [3.05, 3.63) is 28.6 Å². The average Bonchev–Trinajstić information content (AvgIpc) is 2.79. The Hall–Kier alpha value is -2.00. The summed E-state index contributed by atoms with van der Waals surface area (Å²) in [5, 5.41) is 3.97. The summed E-state index contributed by atoms with van der Waals surface area (Å²) in [6.45, 7) is 0. The number of hydrogen-bond acceptors (Lipinski definition) is 6. The molecule has 2 aromatic rings. The number of nitrogens with one attached hydrogen (secondary N) is 1. The van der Waals surface area contributed by atoms with Gasteiger partial charge in [-0.25, -0.2) is 15.5 Å². The summed E-state index contributed by atoms with van der Waals surface area (Å²) in [5.74, 6) is 5.28. The third-order valence-corrected chi connectivity index (χ3v) is 2.47. The van der Waals surface area contributed by atoms with Crippen LogP contribution in [-0.2, 0) is 0 Å². The molecule has 0 saturated heterocycles. The Labute approximate surface area is 104 Å². The Balaban J connectivity index is 2.47. The van der Waals surface area contributed by atoms with Gasteiger partial charge in [-0.3, -0.25) is 10.2 Å². The highest BCUT2D eigenvalue weighted by Gasteiger charge is 2.10. The third-order valence-electron chi connectivity index (χ3n) is 1.91. The van der Waals surface area contributed by atoms with Gasteiger partial charge in [0, 0.05) is 12.4 Å². The average molecular weight is 298 g/mol. The van der Waals surface area contributed by atoms with Gasteiger partial charge in [-0.1, -0.05) is 0 Å². The van der Waals surface area contributed by atoms with E-state index in [1.165, 1.54) is 16.9 Å². The molecule has 2 rings (SSSR count). The number of anilines is 1. The van der Waals surface area contributed by atoms with Crippen molar-refractivity contribution >= 4 is 27.8 Å². The predicted molar refractivity (Wildman–Crippen MR) is 63.2 cm³/mol. The molecule has 0 unspecified atom stereocenters. The fraction of sp³-hybridized carbons (Fsp3) is 0. The molecule has 2 aromatic heterocycles. The highest BCUT2D eigenvalue weighted by Crippen LogP contribution is 2.18. The molecule has 2 heterocycles. The molecule has 0 aliphatic rings. The van der Waals surface area contributed by atoms with Gasteiger partial charge in [-0.2, -0.15) is 10.1 Å². The third kappa shape index (κ3) is 2.24. The molecule has 0 radical (unpaired) electrons. The second-order valence-corrected chi connectivity index (χ2v) is 3.87. The molecule has 0 bridgehead atoms. The minimum absolute atomic E-state index is 0.151. The molecule has 1 amide bonds. The number of hydrogen-bond donors (Lipinski definition) is 3. The van der Waals surface area contributed by atoms with Crippen LogP contribution in [0.1, 0.15) is 10.5 Å². The number of hydrazine groups is 1. The number of amides is 1. The van der Waals surface area contributed by atoms with Crippen LogP contribution in [0.25, 0.3) is 5.82 Å². The van der Waals surface area contributed by atoms with Crippen molar-refractivity contribution in [2.24, 2.45) is 11.6 Å². The van der Waals surface area contributed by atoms with Gasteiger partial charge < -0.3 is 5.73 Å². The molecule has 0 atom stereocenters. The maximum absolute atomic E-state index is 10.9. The number of rotatable bonds is 3.